The van der Waals surface area contributed by atoms with Crippen LogP contribution < -0.4 is 15.5 Å². The Hall–Kier alpha value is -2.81. The van der Waals surface area contributed by atoms with Crippen molar-refractivity contribution in [1.82, 2.24) is 20.2 Å². The summed E-state index contributed by atoms with van der Waals surface area (Å²) in [4.78, 5) is 25.4. The van der Waals surface area contributed by atoms with Crippen LogP contribution in [0.2, 0.25) is 0 Å². The number of rotatable bonds is 5. The normalized spacial score (nSPS) is 23.1. The molecule has 1 saturated heterocycles. The summed E-state index contributed by atoms with van der Waals surface area (Å²) in [7, 11) is 2.10. The molecular weight excluding hydrogens is 402 g/mol. The van der Waals surface area contributed by atoms with Gasteiger partial charge in [0.2, 0.25) is 11.9 Å². The number of hydrogen-bond donors (Lipinski definition) is 2. The highest BCUT2D eigenvalue weighted by atomic mass is 19.3. The van der Waals surface area contributed by atoms with E-state index in [1.165, 1.54) is 11.1 Å². The third kappa shape index (κ3) is 3.82. The smallest absolute Gasteiger partial charge is 0.260 e. The van der Waals surface area contributed by atoms with Crippen LogP contribution in [0.25, 0.3) is 0 Å². The molecule has 5 rings (SSSR count). The molecule has 0 bridgehead atoms. The Morgan fingerprint density at radius 2 is 1.94 bits per heavy atom. The van der Waals surface area contributed by atoms with Gasteiger partial charge in [0.1, 0.15) is 11.7 Å². The lowest BCUT2D eigenvalue weighted by atomic mass is 9.91. The number of nitrogens with one attached hydrogen (secondary N) is 2. The maximum absolute atomic E-state index is 13.2. The summed E-state index contributed by atoms with van der Waals surface area (Å²) in [6.07, 6.45) is 1.42. The number of benzene rings is 1. The fourth-order valence-corrected chi connectivity index (χ4v) is 4.49. The molecule has 2 N–H and O–H groups in total. The Morgan fingerprint density at radius 3 is 2.65 bits per heavy atom. The van der Waals surface area contributed by atoms with Crippen molar-refractivity contribution in [3.05, 3.63) is 41.1 Å². The highest BCUT2D eigenvalue weighted by Crippen LogP contribution is 2.49. The van der Waals surface area contributed by atoms with Crippen LogP contribution in [0, 0.1) is 12.8 Å². The molecule has 1 aromatic heterocycles. The third-order valence-electron chi connectivity index (χ3n) is 6.23. The van der Waals surface area contributed by atoms with Gasteiger partial charge in [0.25, 0.3) is 5.92 Å². The van der Waals surface area contributed by atoms with Crippen LogP contribution in [0.1, 0.15) is 30.0 Å². The number of anilines is 3. The van der Waals surface area contributed by atoms with Gasteiger partial charge in [0.15, 0.2) is 0 Å². The highest BCUT2D eigenvalue weighted by Gasteiger charge is 2.62. The van der Waals surface area contributed by atoms with E-state index in [9.17, 15) is 13.6 Å². The number of carbonyl (C=O) groups excluding carboxylic acids is 1. The van der Waals surface area contributed by atoms with Gasteiger partial charge in [-0.05, 0) is 44.2 Å². The van der Waals surface area contributed by atoms with Crippen molar-refractivity contribution < 1.29 is 13.6 Å². The Balaban J connectivity index is 1.25. The summed E-state index contributed by atoms with van der Waals surface area (Å²) in [6.45, 7) is 6.72. The van der Waals surface area contributed by atoms with Gasteiger partial charge in [-0.1, -0.05) is 6.07 Å². The van der Waals surface area contributed by atoms with Gasteiger partial charge in [-0.25, -0.2) is 13.8 Å². The van der Waals surface area contributed by atoms with Crippen molar-refractivity contribution in [1.29, 1.82) is 0 Å². The van der Waals surface area contributed by atoms with Crippen LogP contribution in [-0.4, -0.2) is 52.4 Å². The van der Waals surface area contributed by atoms with E-state index in [4.69, 9.17) is 0 Å². The number of nitrogens with zero attached hydrogens (tertiary/aromatic N) is 4. The fraction of sp³-hybridized carbons (Fsp3) is 0.500. The Kier molecular flexibility index (Phi) is 4.44. The minimum atomic E-state index is -2.85. The summed E-state index contributed by atoms with van der Waals surface area (Å²) in [5.41, 5.74) is 3.96. The molecule has 3 aliphatic rings. The van der Waals surface area contributed by atoms with Gasteiger partial charge in [0, 0.05) is 50.0 Å². The first kappa shape index (κ1) is 20.1. The van der Waals surface area contributed by atoms with Crippen LogP contribution in [-0.2, 0) is 17.9 Å². The average Bonchev–Trinajstić information content (AvgIpc) is 3.15. The first-order valence-electron chi connectivity index (χ1n) is 10.5. The molecule has 1 amide bonds. The SMILES string of the molecule is Cc1cnc(Nc2ccc3c(c2)CN(C)C3)nc1N1CC(C)(NC(=O)C2CC2(F)F)C1. The second kappa shape index (κ2) is 6.85. The largest absolute Gasteiger partial charge is 0.351 e. The number of aryl methyl sites for hydroxylation is 1. The summed E-state index contributed by atoms with van der Waals surface area (Å²) >= 11 is 0. The first-order chi connectivity index (χ1) is 14.6. The number of aromatic nitrogens is 2. The van der Waals surface area contributed by atoms with Crippen LogP contribution >= 0.6 is 0 Å². The van der Waals surface area contributed by atoms with Gasteiger partial charge >= 0.3 is 0 Å². The van der Waals surface area contributed by atoms with E-state index in [1.807, 2.05) is 24.8 Å². The number of alkyl halides is 2. The standard InChI is InChI=1S/C22H26F2N6O/c1-13-8-25-20(26-16-5-4-14-9-29(3)10-15(14)6-16)27-18(13)30-11-21(2,12-30)28-19(31)17-7-22(17,23)24/h4-6,8,17H,7,9-12H2,1-3H3,(H,28,31)(H,25,26,27). The molecule has 1 aromatic carbocycles. The number of carbonyl (C=O) groups is 1. The molecule has 9 heteroatoms. The van der Waals surface area contributed by atoms with E-state index in [2.05, 4.69) is 44.7 Å². The lowest BCUT2D eigenvalue weighted by Crippen LogP contribution is -2.69. The maximum atomic E-state index is 13.2. The molecule has 0 spiro atoms. The molecule has 164 valence electrons. The van der Waals surface area contributed by atoms with Crippen molar-refractivity contribution >= 4 is 23.4 Å². The van der Waals surface area contributed by atoms with Gasteiger partial charge in [-0.3, -0.25) is 9.69 Å². The monoisotopic (exact) mass is 428 g/mol. The number of fused-ring (bicyclic) bond motifs is 1. The maximum Gasteiger partial charge on any atom is 0.260 e. The molecule has 31 heavy (non-hydrogen) atoms. The number of amides is 1. The summed E-state index contributed by atoms with van der Waals surface area (Å²) in [6, 6.07) is 6.29. The Labute approximate surface area is 179 Å². The Morgan fingerprint density at radius 1 is 1.23 bits per heavy atom. The summed E-state index contributed by atoms with van der Waals surface area (Å²) in [5.74, 6) is -3.30. The molecule has 2 fully saturated rings. The van der Waals surface area contributed by atoms with E-state index in [1.54, 1.807) is 6.20 Å². The second-order valence-corrected chi connectivity index (χ2v) is 9.40. The minimum absolute atomic E-state index is 0.350. The van der Waals surface area contributed by atoms with Crippen molar-refractivity contribution in [3.8, 4) is 0 Å². The predicted molar refractivity (Wildman–Crippen MR) is 113 cm³/mol. The Bertz CT molecular complexity index is 1050. The van der Waals surface area contributed by atoms with Crippen LogP contribution in [0.5, 0.6) is 0 Å². The molecule has 7 nitrogen and oxygen atoms in total. The molecule has 2 aliphatic heterocycles. The molecular formula is C22H26F2N6O. The first-order valence-corrected chi connectivity index (χ1v) is 10.5. The zero-order valence-corrected chi connectivity index (χ0v) is 17.9. The van der Waals surface area contributed by atoms with E-state index < -0.39 is 23.3 Å². The van der Waals surface area contributed by atoms with Crippen LogP contribution in [0.15, 0.2) is 24.4 Å². The predicted octanol–water partition coefficient (Wildman–Crippen LogP) is 2.82. The lowest BCUT2D eigenvalue weighted by molar-refractivity contribution is -0.126. The molecule has 0 radical (unpaired) electrons. The van der Waals surface area contributed by atoms with E-state index >= 15 is 0 Å². The van der Waals surface area contributed by atoms with Crippen molar-refractivity contribution in [3.63, 3.8) is 0 Å². The van der Waals surface area contributed by atoms with Gasteiger partial charge in [-0.2, -0.15) is 4.98 Å². The lowest BCUT2D eigenvalue weighted by Gasteiger charge is -2.49. The van der Waals surface area contributed by atoms with Crippen molar-refractivity contribution in [2.24, 2.45) is 5.92 Å². The zero-order chi connectivity index (χ0) is 22.0. The highest BCUT2D eigenvalue weighted by molar-refractivity contribution is 5.84. The van der Waals surface area contributed by atoms with Crippen LogP contribution in [0.4, 0.5) is 26.2 Å². The summed E-state index contributed by atoms with van der Waals surface area (Å²) < 4.78 is 26.3. The van der Waals surface area contributed by atoms with Crippen LogP contribution in [0.3, 0.4) is 0 Å². The minimum Gasteiger partial charge on any atom is -0.351 e. The average molecular weight is 428 g/mol. The molecule has 3 heterocycles. The molecule has 1 aliphatic carbocycles. The molecule has 1 unspecified atom stereocenters. The second-order valence-electron chi connectivity index (χ2n) is 9.40. The van der Waals surface area contributed by atoms with Crippen molar-refractivity contribution in [2.45, 2.75) is 44.8 Å². The quantitative estimate of drug-likeness (QED) is 0.763. The topological polar surface area (TPSA) is 73.4 Å². The van der Waals surface area contributed by atoms with Gasteiger partial charge < -0.3 is 15.5 Å². The van der Waals surface area contributed by atoms with E-state index in [0.717, 1.165) is 30.2 Å². The fourth-order valence-electron chi connectivity index (χ4n) is 4.49. The van der Waals surface area contributed by atoms with Crippen molar-refractivity contribution in [2.75, 3.05) is 30.4 Å². The summed E-state index contributed by atoms with van der Waals surface area (Å²) in [5, 5.41) is 6.07. The van der Waals surface area contributed by atoms with E-state index in [0.29, 0.717) is 19.0 Å². The van der Waals surface area contributed by atoms with E-state index in [-0.39, 0.29) is 6.42 Å². The van der Waals surface area contributed by atoms with Gasteiger partial charge in [0.05, 0.1) is 5.54 Å². The molecule has 2 aromatic rings. The molecule has 1 atom stereocenters. The number of halogens is 2. The third-order valence-corrected chi connectivity index (χ3v) is 6.23. The molecule has 1 saturated carbocycles. The number of hydrogen-bond acceptors (Lipinski definition) is 6. The van der Waals surface area contributed by atoms with Gasteiger partial charge in [-0.15, -0.1) is 0 Å². The zero-order valence-electron chi connectivity index (χ0n) is 17.9.